The largest absolute Gasteiger partial charge is 0.390 e. The van der Waals surface area contributed by atoms with Crippen LogP contribution in [0, 0.1) is 0 Å². The summed E-state index contributed by atoms with van der Waals surface area (Å²) in [5.74, 6) is -2.65. The maximum atomic E-state index is 12.6. The van der Waals surface area contributed by atoms with Gasteiger partial charge in [-0.2, -0.15) is 0 Å². The van der Waals surface area contributed by atoms with Crippen molar-refractivity contribution >= 4 is 0 Å². The first kappa shape index (κ1) is 9.86. The average Bonchev–Trinajstić information content (AvgIpc) is 1.96. The summed E-state index contributed by atoms with van der Waals surface area (Å²) in [5.41, 5.74) is -1.29. The molecule has 72 valence electrons. The molecule has 0 spiro atoms. The van der Waals surface area contributed by atoms with Crippen molar-refractivity contribution in [2.45, 2.75) is 50.2 Å². The van der Waals surface area contributed by atoms with Crippen LogP contribution in [0.3, 0.4) is 0 Å². The van der Waals surface area contributed by atoms with Crippen LogP contribution in [0.1, 0.15) is 32.6 Å². The molecule has 0 aliphatic heterocycles. The monoisotopic (exact) mass is 180 g/mol. The Kier molecular flexibility index (Phi) is 2.40. The lowest BCUT2D eigenvalue weighted by Crippen LogP contribution is -2.46. The average molecular weight is 180 g/mol. The van der Waals surface area contributed by atoms with Crippen molar-refractivity contribution in [1.29, 1.82) is 0 Å². The molecule has 0 aromatic carbocycles. The van der Waals surface area contributed by atoms with Gasteiger partial charge in [-0.05, 0) is 19.8 Å². The minimum atomic E-state index is -2.65. The molecule has 0 aromatic rings. The molecule has 0 bridgehead atoms. The van der Waals surface area contributed by atoms with Crippen LogP contribution in [-0.4, -0.2) is 27.8 Å². The highest BCUT2D eigenvalue weighted by molar-refractivity contribution is 4.92. The molecule has 4 heteroatoms. The summed E-state index contributed by atoms with van der Waals surface area (Å²) in [6, 6.07) is 0. The van der Waals surface area contributed by atoms with Crippen molar-refractivity contribution in [3.8, 4) is 0 Å². The van der Waals surface area contributed by atoms with Crippen molar-refractivity contribution in [3.05, 3.63) is 0 Å². The van der Waals surface area contributed by atoms with E-state index in [1.165, 1.54) is 6.92 Å². The topological polar surface area (TPSA) is 40.5 Å². The van der Waals surface area contributed by atoms with E-state index in [1.807, 2.05) is 0 Å². The molecule has 1 atom stereocenters. The van der Waals surface area contributed by atoms with Gasteiger partial charge in [0.15, 0.2) is 0 Å². The van der Waals surface area contributed by atoms with E-state index in [0.29, 0.717) is 0 Å². The third kappa shape index (κ3) is 1.93. The summed E-state index contributed by atoms with van der Waals surface area (Å²) >= 11 is 0. The molecule has 0 radical (unpaired) electrons. The van der Waals surface area contributed by atoms with Gasteiger partial charge in [0.25, 0.3) is 0 Å². The first-order chi connectivity index (χ1) is 5.36. The van der Waals surface area contributed by atoms with Gasteiger partial charge in [-0.25, -0.2) is 8.78 Å². The van der Waals surface area contributed by atoms with Gasteiger partial charge in [0.1, 0.15) is 0 Å². The fraction of sp³-hybridized carbons (Fsp3) is 1.00. The number of hydrogen-bond donors (Lipinski definition) is 2. The molecule has 1 aliphatic carbocycles. The second kappa shape index (κ2) is 2.92. The highest BCUT2D eigenvalue weighted by atomic mass is 19.3. The minimum Gasteiger partial charge on any atom is -0.390 e. The van der Waals surface area contributed by atoms with E-state index < -0.39 is 17.6 Å². The molecule has 1 rings (SSSR count). The maximum absolute atomic E-state index is 12.6. The molecule has 2 nitrogen and oxygen atoms in total. The molecule has 0 saturated heterocycles. The first-order valence-corrected chi connectivity index (χ1v) is 4.14. The molecule has 0 aromatic heterocycles. The summed E-state index contributed by atoms with van der Waals surface area (Å²) < 4.78 is 25.2. The van der Waals surface area contributed by atoms with E-state index in [0.717, 1.165) is 0 Å². The molecule has 2 N–H and O–H groups in total. The number of halogens is 2. The van der Waals surface area contributed by atoms with Gasteiger partial charge < -0.3 is 10.2 Å². The zero-order chi connectivity index (χ0) is 9.41. The molecular formula is C8H14F2O2. The zero-order valence-electron chi connectivity index (χ0n) is 7.06. The standard InChI is InChI=1S/C8H14F2O2/c1-6(11)7(12)2-4-8(9,10)5-3-7/h6,11-12H,2-5H2,1H3. The summed E-state index contributed by atoms with van der Waals surface area (Å²) in [6.07, 6.45) is -1.61. The Morgan fingerprint density at radius 2 is 1.58 bits per heavy atom. The van der Waals surface area contributed by atoms with Gasteiger partial charge in [0, 0.05) is 12.8 Å². The van der Waals surface area contributed by atoms with Crippen LogP contribution in [0.4, 0.5) is 8.78 Å². The fourth-order valence-electron chi connectivity index (χ4n) is 1.47. The Morgan fingerprint density at radius 1 is 1.17 bits per heavy atom. The lowest BCUT2D eigenvalue weighted by atomic mass is 9.80. The van der Waals surface area contributed by atoms with E-state index in [1.54, 1.807) is 0 Å². The Labute approximate surface area is 70.2 Å². The van der Waals surface area contributed by atoms with Crippen LogP contribution >= 0.6 is 0 Å². The van der Waals surface area contributed by atoms with Crippen molar-refractivity contribution in [3.63, 3.8) is 0 Å². The van der Waals surface area contributed by atoms with Crippen molar-refractivity contribution in [2.75, 3.05) is 0 Å². The maximum Gasteiger partial charge on any atom is 0.248 e. The Morgan fingerprint density at radius 3 is 1.92 bits per heavy atom. The van der Waals surface area contributed by atoms with Crippen LogP contribution < -0.4 is 0 Å². The number of hydrogen-bond acceptors (Lipinski definition) is 2. The molecule has 1 unspecified atom stereocenters. The molecule has 1 fully saturated rings. The molecule has 1 aliphatic rings. The van der Waals surface area contributed by atoms with Gasteiger partial charge in [-0.15, -0.1) is 0 Å². The third-order valence-corrected chi connectivity index (χ3v) is 2.63. The quantitative estimate of drug-likeness (QED) is 0.638. The smallest absolute Gasteiger partial charge is 0.248 e. The van der Waals surface area contributed by atoms with E-state index in [9.17, 15) is 13.9 Å². The summed E-state index contributed by atoms with van der Waals surface area (Å²) in [7, 11) is 0. The Bertz CT molecular complexity index is 158. The predicted molar refractivity (Wildman–Crippen MR) is 40.0 cm³/mol. The molecule has 12 heavy (non-hydrogen) atoms. The van der Waals surface area contributed by atoms with Gasteiger partial charge in [-0.3, -0.25) is 0 Å². The summed E-state index contributed by atoms with van der Waals surface area (Å²) in [4.78, 5) is 0. The van der Waals surface area contributed by atoms with Gasteiger partial charge in [0.05, 0.1) is 11.7 Å². The van der Waals surface area contributed by atoms with Crippen LogP contribution in [0.2, 0.25) is 0 Å². The van der Waals surface area contributed by atoms with Crippen molar-refractivity contribution in [2.24, 2.45) is 0 Å². The van der Waals surface area contributed by atoms with Gasteiger partial charge in [-0.1, -0.05) is 0 Å². The SMILES string of the molecule is CC(O)C1(O)CCC(F)(F)CC1. The van der Waals surface area contributed by atoms with E-state index in [2.05, 4.69) is 0 Å². The van der Waals surface area contributed by atoms with Crippen LogP contribution in [0.15, 0.2) is 0 Å². The Hall–Kier alpha value is -0.220. The van der Waals surface area contributed by atoms with Gasteiger partial charge in [0.2, 0.25) is 5.92 Å². The lowest BCUT2D eigenvalue weighted by molar-refractivity contribution is -0.143. The Balaban J connectivity index is 2.55. The van der Waals surface area contributed by atoms with Crippen LogP contribution in [0.5, 0.6) is 0 Å². The van der Waals surface area contributed by atoms with E-state index in [4.69, 9.17) is 5.11 Å². The van der Waals surface area contributed by atoms with Crippen molar-refractivity contribution < 1.29 is 19.0 Å². The highest BCUT2D eigenvalue weighted by Gasteiger charge is 2.44. The van der Waals surface area contributed by atoms with E-state index >= 15 is 0 Å². The second-order valence-corrected chi connectivity index (χ2v) is 3.64. The number of aliphatic hydroxyl groups excluding tert-OH is 1. The summed E-state index contributed by atoms with van der Waals surface area (Å²) in [6.45, 7) is 1.43. The number of aliphatic hydroxyl groups is 2. The second-order valence-electron chi connectivity index (χ2n) is 3.64. The van der Waals surface area contributed by atoms with Gasteiger partial charge >= 0.3 is 0 Å². The van der Waals surface area contributed by atoms with Crippen molar-refractivity contribution in [1.82, 2.24) is 0 Å². The molecule has 1 saturated carbocycles. The molecule has 0 amide bonds. The van der Waals surface area contributed by atoms with E-state index in [-0.39, 0.29) is 25.7 Å². The van der Waals surface area contributed by atoms with Crippen LogP contribution in [-0.2, 0) is 0 Å². The number of rotatable bonds is 1. The zero-order valence-corrected chi connectivity index (χ0v) is 7.06. The van der Waals surface area contributed by atoms with Crippen LogP contribution in [0.25, 0.3) is 0 Å². The highest BCUT2D eigenvalue weighted by Crippen LogP contribution is 2.39. The number of alkyl halides is 2. The first-order valence-electron chi connectivity index (χ1n) is 4.14. The molecular weight excluding hydrogens is 166 g/mol. The fourth-order valence-corrected chi connectivity index (χ4v) is 1.47. The third-order valence-electron chi connectivity index (χ3n) is 2.63. The predicted octanol–water partition coefficient (Wildman–Crippen LogP) is 1.31. The lowest BCUT2D eigenvalue weighted by Gasteiger charge is -2.37. The minimum absolute atomic E-state index is 0.0162. The molecule has 0 heterocycles. The normalized spacial score (nSPS) is 29.8. The summed E-state index contributed by atoms with van der Waals surface area (Å²) in [5, 5.41) is 18.7.